The van der Waals surface area contributed by atoms with E-state index in [1.54, 1.807) is 40.2 Å². The lowest BCUT2D eigenvalue weighted by Gasteiger charge is -2.35. The average Bonchev–Trinajstić information content (AvgIpc) is 3.08. The van der Waals surface area contributed by atoms with Crippen LogP contribution in [0.2, 0.25) is 10.0 Å². The molecule has 7 nitrogen and oxygen atoms in total. The summed E-state index contributed by atoms with van der Waals surface area (Å²) in [5.41, 5.74) is 2.36. The molecule has 0 N–H and O–H groups in total. The molecule has 1 amide bonds. The molecule has 29 heavy (non-hydrogen) atoms. The van der Waals surface area contributed by atoms with E-state index in [9.17, 15) is 4.79 Å². The minimum Gasteiger partial charge on any atom is -0.352 e. The first-order valence-electron chi connectivity index (χ1n) is 9.28. The molecule has 1 fully saturated rings. The summed E-state index contributed by atoms with van der Waals surface area (Å²) in [6.07, 6.45) is 3.43. The lowest BCUT2D eigenvalue weighted by molar-refractivity contribution is 0.0746. The van der Waals surface area contributed by atoms with Gasteiger partial charge in [0.15, 0.2) is 5.82 Å². The molecule has 1 aliphatic rings. The number of hydrogen-bond donors (Lipinski definition) is 0. The molecule has 0 radical (unpaired) electrons. The summed E-state index contributed by atoms with van der Waals surface area (Å²) in [5, 5.41) is 5.15. The molecule has 150 valence electrons. The molecular formula is C20H20Cl2N6O. The van der Waals surface area contributed by atoms with Crippen LogP contribution in [-0.4, -0.2) is 56.7 Å². The normalized spacial score (nSPS) is 14.3. The third kappa shape index (κ3) is 3.93. The van der Waals surface area contributed by atoms with Gasteiger partial charge in [-0.25, -0.2) is 9.67 Å². The van der Waals surface area contributed by atoms with Crippen LogP contribution in [0.4, 0.5) is 5.82 Å². The Hall–Kier alpha value is -2.64. The molecule has 0 aliphatic carbocycles. The summed E-state index contributed by atoms with van der Waals surface area (Å²) >= 11 is 12.3. The van der Waals surface area contributed by atoms with Crippen molar-refractivity contribution in [2.45, 2.75) is 13.8 Å². The highest BCUT2D eigenvalue weighted by Crippen LogP contribution is 2.27. The Morgan fingerprint density at radius 2 is 1.76 bits per heavy atom. The number of benzene rings is 1. The Morgan fingerprint density at radius 3 is 2.45 bits per heavy atom. The summed E-state index contributed by atoms with van der Waals surface area (Å²) in [6, 6.07) is 7.11. The molecule has 0 atom stereocenters. The number of anilines is 1. The van der Waals surface area contributed by atoms with Gasteiger partial charge in [-0.15, -0.1) is 0 Å². The van der Waals surface area contributed by atoms with E-state index in [4.69, 9.17) is 28.2 Å². The second-order valence-electron chi connectivity index (χ2n) is 6.96. The fourth-order valence-corrected chi connectivity index (χ4v) is 3.82. The summed E-state index contributed by atoms with van der Waals surface area (Å²) in [7, 11) is 0. The molecule has 0 unspecified atom stereocenters. The van der Waals surface area contributed by atoms with Crippen molar-refractivity contribution in [1.29, 1.82) is 0 Å². The Morgan fingerprint density at radius 1 is 1.03 bits per heavy atom. The maximum atomic E-state index is 12.8. The minimum atomic E-state index is -0.111. The number of carbonyl (C=O) groups excluding carboxylic acids is 1. The largest absolute Gasteiger partial charge is 0.352 e. The molecule has 0 saturated carbocycles. The molecule has 1 aliphatic heterocycles. The highest BCUT2D eigenvalue weighted by molar-refractivity contribution is 6.43. The fraction of sp³-hybridized carbons (Fsp3) is 0.300. The van der Waals surface area contributed by atoms with E-state index in [1.165, 1.54) is 0 Å². The SMILES string of the molecule is Cc1cc(C)n(-c2cncc(N3CCN(C(=O)c4cccc(Cl)c4Cl)CC3)n2)n1. The molecule has 2 aromatic heterocycles. The Bertz CT molecular complexity index is 1060. The number of aromatic nitrogens is 4. The predicted molar refractivity (Wildman–Crippen MR) is 113 cm³/mol. The first-order chi connectivity index (χ1) is 13.9. The minimum absolute atomic E-state index is 0.111. The fourth-order valence-electron chi connectivity index (χ4n) is 3.44. The van der Waals surface area contributed by atoms with E-state index in [-0.39, 0.29) is 5.91 Å². The van der Waals surface area contributed by atoms with Crippen molar-refractivity contribution < 1.29 is 4.79 Å². The first-order valence-corrected chi connectivity index (χ1v) is 10.0. The van der Waals surface area contributed by atoms with E-state index in [0.29, 0.717) is 47.6 Å². The van der Waals surface area contributed by atoms with Crippen molar-refractivity contribution >= 4 is 34.9 Å². The van der Waals surface area contributed by atoms with Gasteiger partial charge >= 0.3 is 0 Å². The molecule has 3 aromatic rings. The van der Waals surface area contributed by atoms with Crippen LogP contribution in [0.5, 0.6) is 0 Å². The molecule has 9 heteroatoms. The number of hydrogen-bond acceptors (Lipinski definition) is 5. The Labute approximate surface area is 178 Å². The maximum Gasteiger partial charge on any atom is 0.255 e. The topological polar surface area (TPSA) is 67.2 Å². The quantitative estimate of drug-likeness (QED) is 0.635. The van der Waals surface area contributed by atoms with Crippen LogP contribution >= 0.6 is 23.2 Å². The van der Waals surface area contributed by atoms with Crippen molar-refractivity contribution in [3.05, 3.63) is 63.7 Å². The Balaban J connectivity index is 1.47. The van der Waals surface area contributed by atoms with Crippen LogP contribution in [0.1, 0.15) is 21.7 Å². The number of halogens is 2. The van der Waals surface area contributed by atoms with Crippen molar-refractivity contribution in [2.24, 2.45) is 0 Å². The van der Waals surface area contributed by atoms with Crippen LogP contribution in [0.3, 0.4) is 0 Å². The van der Waals surface area contributed by atoms with Crippen molar-refractivity contribution in [3.63, 3.8) is 0 Å². The van der Waals surface area contributed by atoms with Gasteiger partial charge in [0.1, 0.15) is 5.82 Å². The molecule has 0 spiro atoms. The molecule has 1 aromatic carbocycles. The van der Waals surface area contributed by atoms with Gasteiger partial charge in [0.2, 0.25) is 0 Å². The van der Waals surface area contributed by atoms with E-state index in [1.807, 2.05) is 19.9 Å². The van der Waals surface area contributed by atoms with E-state index in [0.717, 1.165) is 17.2 Å². The van der Waals surface area contributed by atoms with Crippen molar-refractivity contribution in [2.75, 3.05) is 31.1 Å². The predicted octanol–water partition coefficient (Wildman–Crippen LogP) is 3.55. The Kier molecular flexibility index (Phi) is 5.43. The summed E-state index contributed by atoms with van der Waals surface area (Å²) < 4.78 is 1.78. The van der Waals surface area contributed by atoms with E-state index >= 15 is 0 Å². The lowest BCUT2D eigenvalue weighted by Crippen LogP contribution is -2.49. The third-order valence-corrected chi connectivity index (χ3v) is 5.73. The summed E-state index contributed by atoms with van der Waals surface area (Å²) in [4.78, 5) is 25.8. The van der Waals surface area contributed by atoms with Gasteiger partial charge < -0.3 is 9.80 Å². The number of amides is 1. The smallest absolute Gasteiger partial charge is 0.255 e. The zero-order valence-corrected chi connectivity index (χ0v) is 17.7. The summed E-state index contributed by atoms with van der Waals surface area (Å²) in [5.74, 6) is 1.33. The second-order valence-corrected chi connectivity index (χ2v) is 7.74. The number of aryl methyl sites for hydroxylation is 2. The van der Waals surface area contributed by atoms with Crippen LogP contribution in [-0.2, 0) is 0 Å². The van der Waals surface area contributed by atoms with Gasteiger partial charge in [-0.05, 0) is 32.0 Å². The first kappa shape index (κ1) is 19.7. The van der Waals surface area contributed by atoms with Crippen molar-refractivity contribution in [3.8, 4) is 5.82 Å². The zero-order valence-electron chi connectivity index (χ0n) is 16.1. The van der Waals surface area contributed by atoms with Crippen LogP contribution < -0.4 is 4.90 Å². The van der Waals surface area contributed by atoms with Crippen LogP contribution in [0.25, 0.3) is 5.82 Å². The highest BCUT2D eigenvalue weighted by Gasteiger charge is 2.25. The third-order valence-electron chi connectivity index (χ3n) is 4.91. The molecule has 3 heterocycles. The average molecular weight is 431 g/mol. The molecule has 0 bridgehead atoms. The zero-order chi connectivity index (χ0) is 20.5. The number of nitrogens with zero attached hydrogens (tertiary/aromatic N) is 6. The molecule has 4 rings (SSSR count). The molecular weight excluding hydrogens is 411 g/mol. The van der Waals surface area contributed by atoms with E-state index in [2.05, 4.69) is 15.0 Å². The maximum absolute atomic E-state index is 12.8. The van der Waals surface area contributed by atoms with Crippen molar-refractivity contribution in [1.82, 2.24) is 24.6 Å². The van der Waals surface area contributed by atoms with Gasteiger partial charge in [0.05, 0.1) is 33.7 Å². The van der Waals surface area contributed by atoms with Gasteiger partial charge in [-0.1, -0.05) is 29.3 Å². The standard InChI is InChI=1S/C20H20Cl2N6O/c1-13-10-14(2)28(25-13)18-12-23-11-17(24-18)26-6-8-27(9-7-26)20(29)15-4-3-5-16(21)19(15)22/h3-5,10-12H,6-9H2,1-2H3. The number of rotatable bonds is 3. The second kappa shape index (κ2) is 8.00. The monoisotopic (exact) mass is 430 g/mol. The van der Waals surface area contributed by atoms with Gasteiger partial charge in [-0.2, -0.15) is 5.10 Å². The number of piperazine rings is 1. The van der Waals surface area contributed by atoms with Crippen LogP contribution in [0, 0.1) is 13.8 Å². The highest BCUT2D eigenvalue weighted by atomic mass is 35.5. The number of carbonyl (C=O) groups is 1. The summed E-state index contributed by atoms with van der Waals surface area (Å²) in [6.45, 7) is 6.36. The van der Waals surface area contributed by atoms with E-state index < -0.39 is 0 Å². The van der Waals surface area contributed by atoms with Gasteiger partial charge in [0, 0.05) is 31.9 Å². The van der Waals surface area contributed by atoms with Crippen LogP contribution in [0.15, 0.2) is 36.7 Å². The lowest BCUT2D eigenvalue weighted by atomic mass is 10.2. The molecule has 1 saturated heterocycles. The van der Waals surface area contributed by atoms with Gasteiger partial charge in [0.25, 0.3) is 5.91 Å². The van der Waals surface area contributed by atoms with Gasteiger partial charge in [-0.3, -0.25) is 9.78 Å².